The van der Waals surface area contributed by atoms with Crippen molar-refractivity contribution in [3.8, 4) is 10.6 Å². The lowest BCUT2D eigenvalue weighted by Gasteiger charge is -2.21. The quantitative estimate of drug-likeness (QED) is 0.758. The van der Waals surface area contributed by atoms with Crippen molar-refractivity contribution < 1.29 is 13.6 Å². The normalized spacial score (nSPS) is 15.8. The topological polar surface area (TPSA) is 36.4 Å². The van der Waals surface area contributed by atoms with Crippen LogP contribution in [-0.2, 0) is 0 Å². The van der Waals surface area contributed by atoms with Crippen LogP contribution in [0.1, 0.15) is 41.6 Å². The monoisotopic (exact) mass is 393 g/mol. The average Bonchev–Trinajstić information content (AvgIpc) is 2.87. The highest BCUT2D eigenvalue weighted by Gasteiger charge is 2.25. The number of amides is 1. The molecule has 0 radical (unpaired) electrons. The lowest BCUT2D eigenvalue weighted by atomic mass is 10.2. The minimum atomic E-state index is -0.663. The van der Waals surface area contributed by atoms with E-state index in [-0.39, 0.29) is 16.5 Å². The molecule has 2 heterocycles. The van der Waals surface area contributed by atoms with E-state index in [9.17, 15) is 13.6 Å². The average molecular weight is 394 g/mol. The van der Waals surface area contributed by atoms with E-state index in [2.05, 4.69) is 16.8 Å². The number of nitrogens with zero attached hydrogens (tertiary/aromatic N) is 3. The van der Waals surface area contributed by atoms with Gasteiger partial charge in [0.25, 0.3) is 5.91 Å². The number of carbonyl (C=O) groups excluding carboxylic acids is 1. The number of unbranched alkanes of at least 4 members (excludes halogenated alkanes) is 1. The van der Waals surface area contributed by atoms with Gasteiger partial charge in [-0.3, -0.25) is 4.79 Å². The molecule has 0 bridgehead atoms. The van der Waals surface area contributed by atoms with Crippen LogP contribution < -0.4 is 0 Å². The van der Waals surface area contributed by atoms with Gasteiger partial charge in [0, 0.05) is 19.6 Å². The molecule has 0 atom stereocenters. The Morgan fingerprint density at radius 2 is 1.93 bits per heavy atom. The van der Waals surface area contributed by atoms with Crippen molar-refractivity contribution in [2.24, 2.45) is 0 Å². The SMILES string of the molecule is CCCCN1CCCN(C(=O)c2sc(-c3c(F)cccc3F)nc2C)CC1. The number of rotatable bonds is 5. The Labute approximate surface area is 162 Å². The minimum Gasteiger partial charge on any atom is -0.337 e. The molecule has 3 rings (SSSR count). The first-order valence-corrected chi connectivity index (χ1v) is 10.3. The van der Waals surface area contributed by atoms with Crippen molar-refractivity contribution in [2.75, 3.05) is 32.7 Å². The number of aromatic nitrogens is 1. The van der Waals surface area contributed by atoms with Crippen LogP contribution in [0.5, 0.6) is 0 Å². The summed E-state index contributed by atoms with van der Waals surface area (Å²) in [6.45, 7) is 8.18. The molecule has 0 unspecified atom stereocenters. The molecule has 27 heavy (non-hydrogen) atoms. The fraction of sp³-hybridized carbons (Fsp3) is 0.500. The minimum absolute atomic E-state index is 0.0923. The second-order valence-electron chi connectivity index (χ2n) is 6.87. The van der Waals surface area contributed by atoms with E-state index in [0.717, 1.165) is 43.8 Å². The number of halogens is 2. The summed E-state index contributed by atoms with van der Waals surface area (Å²) in [4.78, 5) is 22.0. The predicted molar refractivity (Wildman–Crippen MR) is 104 cm³/mol. The first kappa shape index (κ1) is 19.9. The second kappa shape index (κ2) is 8.89. The molecule has 4 nitrogen and oxygen atoms in total. The first-order chi connectivity index (χ1) is 13.0. The first-order valence-electron chi connectivity index (χ1n) is 9.44. The Hall–Kier alpha value is -1.86. The standard InChI is InChI=1S/C20H25F2N3OS/c1-3-4-9-24-10-6-11-25(13-12-24)20(26)18-14(2)23-19(27-18)17-15(21)7-5-8-16(17)22/h5,7-8H,3-4,6,9-13H2,1-2H3. The van der Waals surface area contributed by atoms with Crippen LogP contribution >= 0.6 is 11.3 Å². The maximum Gasteiger partial charge on any atom is 0.265 e. The lowest BCUT2D eigenvalue weighted by molar-refractivity contribution is 0.0765. The zero-order chi connectivity index (χ0) is 19.4. The second-order valence-corrected chi connectivity index (χ2v) is 7.87. The van der Waals surface area contributed by atoms with Gasteiger partial charge in [-0.25, -0.2) is 13.8 Å². The van der Waals surface area contributed by atoms with Gasteiger partial charge < -0.3 is 9.80 Å². The molecule has 1 fully saturated rings. The highest BCUT2D eigenvalue weighted by Crippen LogP contribution is 2.32. The molecule has 1 aliphatic heterocycles. The molecule has 0 saturated carbocycles. The van der Waals surface area contributed by atoms with Crippen LogP contribution in [0.3, 0.4) is 0 Å². The Kier molecular flexibility index (Phi) is 6.55. The Bertz CT molecular complexity index is 788. The zero-order valence-electron chi connectivity index (χ0n) is 15.8. The van der Waals surface area contributed by atoms with Crippen molar-refractivity contribution in [3.63, 3.8) is 0 Å². The van der Waals surface area contributed by atoms with E-state index >= 15 is 0 Å². The van der Waals surface area contributed by atoms with Crippen LogP contribution in [-0.4, -0.2) is 53.4 Å². The van der Waals surface area contributed by atoms with Crippen LogP contribution in [0.15, 0.2) is 18.2 Å². The van der Waals surface area contributed by atoms with Gasteiger partial charge in [0.2, 0.25) is 0 Å². The number of carbonyl (C=O) groups is 1. The lowest BCUT2D eigenvalue weighted by Crippen LogP contribution is -2.35. The van der Waals surface area contributed by atoms with Crippen molar-refractivity contribution in [1.29, 1.82) is 0 Å². The highest BCUT2D eigenvalue weighted by atomic mass is 32.1. The van der Waals surface area contributed by atoms with Gasteiger partial charge in [-0.05, 0) is 45.0 Å². The fourth-order valence-electron chi connectivity index (χ4n) is 3.33. The molecule has 1 aromatic heterocycles. The van der Waals surface area contributed by atoms with Gasteiger partial charge in [-0.1, -0.05) is 19.4 Å². The van der Waals surface area contributed by atoms with Gasteiger partial charge in [0.15, 0.2) is 0 Å². The van der Waals surface area contributed by atoms with E-state index in [4.69, 9.17) is 0 Å². The molecule has 1 amide bonds. The van der Waals surface area contributed by atoms with Crippen LogP contribution in [0, 0.1) is 18.6 Å². The van der Waals surface area contributed by atoms with E-state index < -0.39 is 11.6 Å². The highest BCUT2D eigenvalue weighted by molar-refractivity contribution is 7.17. The van der Waals surface area contributed by atoms with Crippen molar-refractivity contribution >= 4 is 17.2 Å². The summed E-state index contributed by atoms with van der Waals surface area (Å²) in [6, 6.07) is 3.73. The zero-order valence-corrected chi connectivity index (χ0v) is 16.6. The van der Waals surface area contributed by atoms with E-state index in [1.54, 1.807) is 6.92 Å². The largest absolute Gasteiger partial charge is 0.337 e. The van der Waals surface area contributed by atoms with Crippen LogP contribution in [0.2, 0.25) is 0 Å². The van der Waals surface area contributed by atoms with Gasteiger partial charge >= 0.3 is 0 Å². The molecule has 0 spiro atoms. The van der Waals surface area contributed by atoms with E-state index in [1.807, 2.05) is 4.90 Å². The maximum atomic E-state index is 14.1. The van der Waals surface area contributed by atoms with Gasteiger partial charge in [-0.15, -0.1) is 11.3 Å². The van der Waals surface area contributed by atoms with Crippen LogP contribution in [0.25, 0.3) is 10.6 Å². The molecular formula is C20H25F2N3OS. The number of hydrogen-bond acceptors (Lipinski definition) is 4. The smallest absolute Gasteiger partial charge is 0.265 e. The number of hydrogen-bond donors (Lipinski definition) is 0. The maximum absolute atomic E-state index is 14.1. The molecule has 146 valence electrons. The third-order valence-corrected chi connectivity index (χ3v) is 6.03. The summed E-state index contributed by atoms with van der Waals surface area (Å²) in [5.41, 5.74) is 0.362. The fourth-order valence-corrected chi connectivity index (χ4v) is 4.41. The molecule has 2 aromatic rings. The summed E-state index contributed by atoms with van der Waals surface area (Å²) in [6.07, 6.45) is 3.26. The Morgan fingerprint density at radius 3 is 2.63 bits per heavy atom. The predicted octanol–water partition coefficient (Wildman–Crippen LogP) is 4.34. The van der Waals surface area contributed by atoms with Crippen LogP contribution in [0.4, 0.5) is 8.78 Å². The molecular weight excluding hydrogens is 368 g/mol. The Morgan fingerprint density at radius 1 is 1.19 bits per heavy atom. The number of aryl methyl sites for hydroxylation is 1. The summed E-state index contributed by atoms with van der Waals surface area (Å²) >= 11 is 1.07. The number of benzene rings is 1. The van der Waals surface area contributed by atoms with Crippen molar-refractivity contribution in [3.05, 3.63) is 40.4 Å². The summed E-state index contributed by atoms with van der Waals surface area (Å²) in [7, 11) is 0. The van der Waals surface area contributed by atoms with Gasteiger partial charge in [-0.2, -0.15) is 0 Å². The molecule has 1 aromatic carbocycles. The van der Waals surface area contributed by atoms with Gasteiger partial charge in [0.05, 0.1) is 11.3 Å². The molecule has 7 heteroatoms. The molecule has 0 N–H and O–H groups in total. The molecule has 0 aliphatic carbocycles. The van der Waals surface area contributed by atoms with Crippen molar-refractivity contribution in [1.82, 2.24) is 14.8 Å². The molecule has 1 saturated heterocycles. The Balaban J connectivity index is 1.77. The van der Waals surface area contributed by atoms with Crippen molar-refractivity contribution in [2.45, 2.75) is 33.1 Å². The van der Waals surface area contributed by atoms with Gasteiger partial charge in [0.1, 0.15) is 21.5 Å². The third kappa shape index (κ3) is 4.52. The molecule has 1 aliphatic rings. The third-order valence-electron chi connectivity index (χ3n) is 4.87. The number of thiazole rings is 1. The van der Waals surface area contributed by atoms with E-state index in [0.29, 0.717) is 23.7 Å². The summed E-state index contributed by atoms with van der Waals surface area (Å²) in [5, 5.41) is 0.214. The summed E-state index contributed by atoms with van der Waals surface area (Å²) < 4.78 is 28.1. The summed E-state index contributed by atoms with van der Waals surface area (Å²) in [5.74, 6) is -1.42. The van der Waals surface area contributed by atoms with E-state index in [1.165, 1.54) is 24.6 Å².